The highest BCUT2D eigenvalue weighted by Crippen LogP contribution is 1.98. The Labute approximate surface area is 73.4 Å². The molecule has 0 aliphatic rings. The maximum atomic E-state index is 11.0. The van der Waals surface area contributed by atoms with E-state index in [1.54, 1.807) is 0 Å². The first-order valence-corrected chi connectivity index (χ1v) is 3.47. The van der Waals surface area contributed by atoms with Crippen LogP contribution in [-0.4, -0.2) is 28.0 Å². The summed E-state index contributed by atoms with van der Waals surface area (Å²) in [7, 11) is 1.39. The maximum Gasteiger partial charge on any atom is 0.325 e. The molecular formula is C7H8N2O4. The highest BCUT2D eigenvalue weighted by Gasteiger charge is 2.03. The van der Waals surface area contributed by atoms with E-state index in [0.29, 0.717) is 0 Å². The van der Waals surface area contributed by atoms with Gasteiger partial charge in [-0.05, 0) is 0 Å². The predicted octanol–water partition coefficient (Wildman–Crippen LogP) is -0.664. The standard InChI is InChI=1S/C7H8N2O4/c1-13-5-2-3-6(10)9(8-5)4-7(11)12/h2-3H,4H2,1H3,(H,11,12). The fraction of sp³-hybridized carbons (Fsp3) is 0.286. The van der Waals surface area contributed by atoms with Crippen molar-refractivity contribution in [2.75, 3.05) is 7.11 Å². The second-order valence-electron chi connectivity index (χ2n) is 2.27. The van der Waals surface area contributed by atoms with Crippen molar-refractivity contribution < 1.29 is 14.6 Å². The molecule has 0 atom stereocenters. The van der Waals surface area contributed by atoms with Gasteiger partial charge in [-0.15, -0.1) is 5.10 Å². The number of rotatable bonds is 3. The van der Waals surface area contributed by atoms with Gasteiger partial charge in [0, 0.05) is 12.1 Å². The van der Waals surface area contributed by atoms with Gasteiger partial charge in [0.05, 0.1) is 7.11 Å². The van der Waals surface area contributed by atoms with Gasteiger partial charge >= 0.3 is 5.97 Å². The first kappa shape index (κ1) is 9.24. The Morgan fingerprint density at radius 2 is 2.38 bits per heavy atom. The minimum Gasteiger partial charge on any atom is -0.480 e. The summed E-state index contributed by atoms with van der Waals surface area (Å²) < 4.78 is 5.55. The summed E-state index contributed by atoms with van der Waals surface area (Å²) in [5, 5.41) is 12.0. The summed E-state index contributed by atoms with van der Waals surface area (Å²) in [6.45, 7) is -0.462. The molecule has 1 N–H and O–H groups in total. The topological polar surface area (TPSA) is 81.4 Å². The predicted molar refractivity (Wildman–Crippen MR) is 42.7 cm³/mol. The Morgan fingerprint density at radius 3 is 2.92 bits per heavy atom. The Hall–Kier alpha value is -1.85. The minimum absolute atomic E-state index is 0.209. The van der Waals surface area contributed by atoms with E-state index in [0.717, 1.165) is 4.68 Å². The van der Waals surface area contributed by atoms with Crippen LogP contribution in [0.5, 0.6) is 5.88 Å². The number of aliphatic carboxylic acids is 1. The highest BCUT2D eigenvalue weighted by molar-refractivity contribution is 5.66. The van der Waals surface area contributed by atoms with Crippen LogP contribution in [0.4, 0.5) is 0 Å². The molecule has 0 unspecified atom stereocenters. The summed E-state index contributed by atoms with van der Waals surface area (Å²) in [6.07, 6.45) is 0. The van der Waals surface area contributed by atoms with Crippen molar-refractivity contribution in [2.45, 2.75) is 6.54 Å². The molecule has 6 heteroatoms. The fourth-order valence-corrected chi connectivity index (χ4v) is 0.780. The van der Waals surface area contributed by atoms with E-state index in [4.69, 9.17) is 9.84 Å². The summed E-state index contributed by atoms with van der Waals surface area (Å²) in [6, 6.07) is 2.58. The first-order chi connectivity index (χ1) is 6.13. The number of aromatic nitrogens is 2. The molecule has 13 heavy (non-hydrogen) atoms. The van der Waals surface area contributed by atoms with E-state index in [-0.39, 0.29) is 5.88 Å². The second-order valence-corrected chi connectivity index (χ2v) is 2.27. The third kappa shape index (κ3) is 2.29. The molecule has 0 radical (unpaired) electrons. The molecule has 70 valence electrons. The van der Waals surface area contributed by atoms with Gasteiger partial charge < -0.3 is 9.84 Å². The lowest BCUT2D eigenvalue weighted by atomic mass is 10.5. The van der Waals surface area contributed by atoms with Crippen LogP contribution >= 0.6 is 0 Å². The zero-order valence-electron chi connectivity index (χ0n) is 6.93. The van der Waals surface area contributed by atoms with Crippen LogP contribution in [0.25, 0.3) is 0 Å². The van der Waals surface area contributed by atoms with Crippen molar-refractivity contribution >= 4 is 5.97 Å². The summed E-state index contributed by atoms with van der Waals surface area (Å²) in [5.41, 5.74) is -0.469. The number of carboxylic acids is 1. The van der Waals surface area contributed by atoms with Crippen molar-refractivity contribution in [1.29, 1.82) is 0 Å². The van der Waals surface area contributed by atoms with Crippen LogP contribution in [0, 0.1) is 0 Å². The Balaban J connectivity index is 3.04. The second kappa shape index (κ2) is 3.70. The molecule has 0 fully saturated rings. The molecule has 0 aromatic carbocycles. The lowest BCUT2D eigenvalue weighted by molar-refractivity contribution is -0.138. The quantitative estimate of drug-likeness (QED) is 0.674. The molecule has 1 heterocycles. The molecule has 0 amide bonds. The number of methoxy groups -OCH3 is 1. The smallest absolute Gasteiger partial charge is 0.325 e. The van der Waals surface area contributed by atoms with E-state index >= 15 is 0 Å². The lowest BCUT2D eigenvalue weighted by Gasteiger charge is -2.02. The average molecular weight is 184 g/mol. The monoisotopic (exact) mass is 184 g/mol. The fourth-order valence-electron chi connectivity index (χ4n) is 0.780. The van der Waals surface area contributed by atoms with Crippen LogP contribution in [0.2, 0.25) is 0 Å². The van der Waals surface area contributed by atoms with E-state index < -0.39 is 18.1 Å². The Morgan fingerprint density at radius 1 is 1.69 bits per heavy atom. The lowest BCUT2D eigenvalue weighted by Crippen LogP contribution is -2.25. The van der Waals surface area contributed by atoms with Gasteiger partial charge in [0.2, 0.25) is 5.88 Å². The zero-order valence-corrected chi connectivity index (χ0v) is 6.93. The van der Waals surface area contributed by atoms with Crippen molar-refractivity contribution in [3.63, 3.8) is 0 Å². The molecule has 0 saturated carbocycles. The molecule has 0 saturated heterocycles. The highest BCUT2D eigenvalue weighted by atomic mass is 16.5. The van der Waals surface area contributed by atoms with Crippen molar-refractivity contribution in [3.8, 4) is 5.88 Å². The van der Waals surface area contributed by atoms with Crippen LogP contribution in [0.3, 0.4) is 0 Å². The van der Waals surface area contributed by atoms with Crippen LogP contribution < -0.4 is 10.3 Å². The van der Waals surface area contributed by atoms with Gasteiger partial charge in [0.25, 0.3) is 5.56 Å². The van der Waals surface area contributed by atoms with E-state index in [1.807, 2.05) is 0 Å². The van der Waals surface area contributed by atoms with Crippen LogP contribution in [0.15, 0.2) is 16.9 Å². The average Bonchev–Trinajstić information content (AvgIpc) is 2.08. The van der Waals surface area contributed by atoms with Gasteiger partial charge in [-0.3, -0.25) is 9.59 Å². The van der Waals surface area contributed by atoms with Gasteiger partial charge in [0.1, 0.15) is 6.54 Å². The van der Waals surface area contributed by atoms with Gasteiger partial charge in [-0.2, -0.15) is 0 Å². The number of carboxylic acid groups (broad SMARTS) is 1. The molecule has 1 aromatic heterocycles. The normalized spacial score (nSPS) is 9.62. The van der Waals surface area contributed by atoms with E-state index in [1.165, 1.54) is 19.2 Å². The van der Waals surface area contributed by atoms with Crippen LogP contribution in [-0.2, 0) is 11.3 Å². The third-order valence-corrected chi connectivity index (χ3v) is 1.34. The molecule has 1 aromatic rings. The summed E-state index contributed by atoms with van der Waals surface area (Å²) >= 11 is 0. The molecule has 0 spiro atoms. The largest absolute Gasteiger partial charge is 0.480 e. The molecule has 1 rings (SSSR count). The van der Waals surface area contributed by atoms with Crippen molar-refractivity contribution in [2.24, 2.45) is 0 Å². The van der Waals surface area contributed by atoms with Crippen LogP contribution in [0.1, 0.15) is 0 Å². The number of hydrogen-bond donors (Lipinski definition) is 1. The zero-order chi connectivity index (χ0) is 9.84. The molecule has 6 nitrogen and oxygen atoms in total. The first-order valence-electron chi connectivity index (χ1n) is 3.47. The summed E-state index contributed by atoms with van der Waals surface area (Å²) in [4.78, 5) is 21.3. The maximum absolute atomic E-state index is 11.0. The van der Waals surface area contributed by atoms with Gasteiger partial charge in [0.15, 0.2) is 0 Å². The van der Waals surface area contributed by atoms with Gasteiger partial charge in [-0.1, -0.05) is 0 Å². The SMILES string of the molecule is COc1ccc(=O)n(CC(=O)O)n1. The van der Waals surface area contributed by atoms with Gasteiger partial charge in [-0.25, -0.2) is 4.68 Å². The van der Waals surface area contributed by atoms with E-state index in [2.05, 4.69) is 5.10 Å². The minimum atomic E-state index is -1.12. The third-order valence-electron chi connectivity index (χ3n) is 1.34. The number of nitrogens with zero attached hydrogens (tertiary/aromatic N) is 2. The number of carbonyl (C=O) groups is 1. The molecule has 0 aliphatic carbocycles. The molecular weight excluding hydrogens is 176 g/mol. The Bertz CT molecular complexity index is 371. The van der Waals surface area contributed by atoms with Crippen molar-refractivity contribution in [1.82, 2.24) is 9.78 Å². The Kier molecular flexibility index (Phi) is 2.63. The summed E-state index contributed by atoms with van der Waals surface area (Å²) in [5.74, 6) is -0.913. The van der Waals surface area contributed by atoms with E-state index in [9.17, 15) is 9.59 Å². The van der Waals surface area contributed by atoms with Crippen molar-refractivity contribution in [3.05, 3.63) is 22.5 Å². The molecule has 0 bridgehead atoms. The number of ether oxygens (including phenoxy) is 1. The number of hydrogen-bond acceptors (Lipinski definition) is 4. The molecule has 0 aliphatic heterocycles.